The second-order valence-electron chi connectivity index (χ2n) is 8.04. The molecule has 0 spiro atoms. The van der Waals surface area contributed by atoms with Crippen molar-refractivity contribution in [3.8, 4) is 11.3 Å². The van der Waals surface area contributed by atoms with Crippen LogP contribution in [0.5, 0.6) is 0 Å². The van der Waals surface area contributed by atoms with Crippen molar-refractivity contribution < 1.29 is 19.0 Å². The zero-order valence-electron chi connectivity index (χ0n) is 17.2. The van der Waals surface area contributed by atoms with Crippen molar-refractivity contribution in [2.45, 2.75) is 31.7 Å². The van der Waals surface area contributed by atoms with E-state index in [-0.39, 0.29) is 23.9 Å². The van der Waals surface area contributed by atoms with E-state index in [4.69, 9.17) is 0 Å². The van der Waals surface area contributed by atoms with Gasteiger partial charge in [0, 0.05) is 25.2 Å². The monoisotopic (exact) mass is 439 g/mol. The summed E-state index contributed by atoms with van der Waals surface area (Å²) in [5, 5.41) is 26.1. The zero-order chi connectivity index (χ0) is 22.2. The highest BCUT2D eigenvalue weighted by atomic mass is 19.1. The third-order valence-corrected chi connectivity index (χ3v) is 5.93. The fourth-order valence-corrected chi connectivity index (χ4v) is 4.23. The van der Waals surface area contributed by atoms with E-state index in [0.29, 0.717) is 22.8 Å². The maximum atomic E-state index is 14.4. The molecule has 5 rings (SSSR count). The minimum Gasteiger partial charge on any atom is -0.393 e. The molecule has 4 heterocycles. The number of nitrogens with zero attached hydrogens (tertiary/aromatic N) is 3. The molecule has 1 aromatic carbocycles. The molecule has 1 saturated heterocycles. The van der Waals surface area contributed by atoms with Crippen LogP contribution in [0.4, 0.5) is 26.0 Å². The normalized spacial score (nSPS) is 18.6. The maximum absolute atomic E-state index is 14.4. The number of aliphatic hydroxyl groups excluding tert-OH is 2. The van der Waals surface area contributed by atoms with Crippen LogP contribution in [-0.2, 0) is 6.54 Å². The molecule has 0 bridgehead atoms. The van der Waals surface area contributed by atoms with Crippen LogP contribution in [0.3, 0.4) is 0 Å². The molecular formula is C23H23F2N5O2. The van der Waals surface area contributed by atoms with Gasteiger partial charge in [0.2, 0.25) is 0 Å². The summed E-state index contributed by atoms with van der Waals surface area (Å²) in [6.45, 7) is 1.81. The van der Waals surface area contributed by atoms with Gasteiger partial charge in [-0.25, -0.2) is 13.8 Å². The Hall–Kier alpha value is -3.14. The summed E-state index contributed by atoms with van der Waals surface area (Å²) in [7, 11) is 0. The molecule has 2 aliphatic rings. The average Bonchev–Trinajstić information content (AvgIpc) is 3.16. The van der Waals surface area contributed by atoms with E-state index in [9.17, 15) is 19.0 Å². The van der Waals surface area contributed by atoms with Crippen molar-refractivity contribution in [3.05, 3.63) is 65.5 Å². The molecule has 1 atom stereocenters. The number of halogens is 2. The van der Waals surface area contributed by atoms with Crippen molar-refractivity contribution in [2.24, 2.45) is 0 Å². The van der Waals surface area contributed by atoms with Crippen LogP contribution < -0.4 is 15.5 Å². The lowest BCUT2D eigenvalue weighted by Crippen LogP contribution is -2.35. The summed E-state index contributed by atoms with van der Waals surface area (Å²) in [4.78, 5) is 11.0. The number of pyridine rings is 2. The maximum Gasteiger partial charge on any atom is 0.135 e. The lowest BCUT2D eigenvalue weighted by molar-refractivity contribution is 0.145. The van der Waals surface area contributed by atoms with Crippen LogP contribution in [0.1, 0.15) is 30.3 Å². The van der Waals surface area contributed by atoms with E-state index in [1.54, 1.807) is 6.20 Å². The Balaban J connectivity index is 1.46. The predicted molar refractivity (Wildman–Crippen MR) is 116 cm³/mol. The van der Waals surface area contributed by atoms with Gasteiger partial charge in [-0.05, 0) is 43.2 Å². The third kappa shape index (κ3) is 3.90. The molecule has 0 radical (unpaired) electrons. The van der Waals surface area contributed by atoms with Gasteiger partial charge in [-0.2, -0.15) is 0 Å². The summed E-state index contributed by atoms with van der Waals surface area (Å²) in [5.41, 5.74) is 2.41. The van der Waals surface area contributed by atoms with Gasteiger partial charge in [0.15, 0.2) is 0 Å². The number of hydrogen-bond donors (Lipinski definition) is 4. The Labute approximate surface area is 183 Å². The highest BCUT2D eigenvalue weighted by Crippen LogP contribution is 2.36. The first-order valence-corrected chi connectivity index (χ1v) is 10.6. The number of rotatable bonds is 4. The van der Waals surface area contributed by atoms with Gasteiger partial charge in [-0.3, -0.25) is 10.3 Å². The topological polar surface area (TPSA) is 93.5 Å². The number of anilines is 3. The van der Waals surface area contributed by atoms with Crippen LogP contribution in [0.25, 0.3) is 11.3 Å². The molecule has 7 nitrogen and oxygen atoms in total. The lowest BCUT2D eigenvalue weighted by atomic mass is 10.1. The smallest absolute Gasteiger partial charge is 0.135 e. The molecule has 166 valence electrons. The second kappa shape index (κ2) is 8.42. The molecule has 32 heavy (non-hydrogen) atoms. The summed E-state index contributed by atoms with van der Waals surface area (Å²) in [6, 6.07) is 8.95. The third-order valence-electron chi connectivity index (χ3n) is 5.93. The first kappa shape index (κ1) is 20.7. The van der Waals surface area contributed by atoms with Gasteiger partial charge in [0.1, 0.15) is 23.7 Å². The molecule has 0 aliphatic carbocycles. The molecule has 1 unspecified atom stereocenters. The first-order valence-electron chi connectivity index (χ1n) is 10.6. The van der Waals surface area contributed by atoms with Gasteiger partial charge in [-0.1, -0.05) is 6.07 Å². The van der Waals surface area contributed by atoms with Gasteiger partial charge < -0.3 is 20.4 Å². The molecule has 4 N–H and O–H groups in total. The average molecular weight is 439 g/mol. The highest BCUT2D eigenvalue weighted by Gasteiger charge is 2.27. The van der Waals surface area contributed by atoms with E-state index in [1.807, 2.05) is 12.1 Å². The van der Waals surface area contributed by atoms with Crippen LogP contribution in [0, 0.1) is 11.6 Å². The minimum atomic E-state index is -0.946. The summed E-state index contributed by atoms with van der Waals surface area (Å²) >= 11 is 0. The van der Waals surface area contributed by atoms with Crippen molar-refractivity contribution >= 4 is 17.2 Å². The van der Waals surface area contributed by atoms with Crippen molar-refractivity contribution in [3.63, 3.8) is 0 Å². The van der Waals surface area contributed by atoms with Crippen molar-refractivity contribution in [1.82, 2.24) is 15.3 Å². The Kier molecular flexibility index (Phi) is 5.46. The molecule has 9 heteroatoms. The summed E-state index contributed by atoms with van der Waals surface area (Å²) in [6.07, 6.45) is 2.00. The van der Waals surface area contributed by atoms with Crippen molar-refractivity contribution in [2.75, 3.05) is 23.3 Å². The van der Waals surface area contributed by atoms with Gasteiger partial charge >= 0.3 is 0 Å². The summed E-state index contributed by atoms with van der Waals surface area (Å²) in [5.74, 6) is -0.883. The Morgan fingerprint density at radius 2 is 1.81 bits per heavy atom. The molecule has 1 fully saturated rings. The van der Waals surface area contributed by atoms with Gasteiger partial charge in [-0.15, -0.1) is 0 Å². The number of piperidine rings is 1. The largest absolute Gasteiger partial charge is 0.393 e. The van der Waals surface area contributed by atoms with E-state index in [2.05, 4.69) is 25.5 Å². The molecular weight excluding hydrogens is 416 g/mol. The molecule has 3 aromatic rings. The number of aliphatic hydroxyl groups is 2. The number of hydrogen-bond acceptors (Lipinski definition) is 7. The first-order chi connectivity index (χ1) is 15.5. The Morgan fingerprint density at radius 3 is 2.50 bits per heavy atom. The highest BCUT2D eigenvalue weighted by molar-refractivity contribution is 5.72. The number of nitrogens with one attached hydrogen (secondary N) is 2. The standard InChI is InChI=1S/C23H23F2N5O2/c24-15-2-1-3-16(25)21(15)17-10-18(22-19(28-17)12-27-23(22)32)29-20-5-4-13(11-26-20)30-8-6-14(31)7-9-30/h1-5,10-11,14,23,27,31-32H,6-9,12H2,(H,26,28,29). The zero-order valence-corrected chi connectivity index (χ0v) is 17.2. The van der Waals surface area contributed by atoms with Crippen LogP contribution in [0.15, 0.2) is 42.6 Å². The Bertz CT molecular complexity index is 1110. The predicted octanol–water partition coefficient (Wildman–Crippen LogP) is 3.22. The minimum absolute atomic E-state index is 0.140. The molecule has 0 amide bonds. The van der Waals surface area contributed by atoms with Crippen LogP contribution in [0.2, 0.25) is 0 Å². The summed E-state index contributed by atoms with van der Waals surface area (Å²) < 4.78 is 28.7. The lowest BCUT2D eigenvalue weighted by Gasteiger charge is -2.31. The second-order valence-corrected chi connectivity index (χ2v) is 8.04. The SMILES string of the molecule is OC1CCN(c2ccc(Nc3cc(-c4c(F)cccc4F)nc4c3C(O)NC4)nc2)CC1. The molecule has 2 aliphatic heterocycles. The van der Waals surface area contributed by atoms with E-state index in [1.165, 1.54) is 24.3 Å². The molecule has 2 aromatic heterocycles. The molecule has 0 saturated carbocycles. The number of aromatic nitrogens is 2. The number of fused-ring (bicyclic) bond motifs is 1. The van der Waals surface area contributed by atoms with E-state index in [0.717, 1.165) is 31.6 Å². The fraction of sp³-hybridized carbons (Fsp3) is 0.304. The van der Waals surface area contributed by atoms with Gasteiger partial charge in [0.05, 0.1) is 40.6 Å². The Morgan fingerprint density at radius 1 is 1.06 bits per heavy atom. The fourth-order valence-electron chi connectivity index (χ4n) is 4.23. The van der Waals surface area contributed by atoms with Gasteiger partial charge in [0.25, 0.3) is 0 Å². The van der Waals surface area contributed by atoms with Crippen molar-refractivity contribution in [1.29, 1.82) is 0 Å². The quantitative estimate of drug-likeness (QED) is 0.496. The van der Waals surface area contributed by atoms with E-state index < -0.39 is 17.9 Å². The van der Waals surface area contributed by atoms with Crippen LogP contribution >= 0.6 is 0 Å². The van der Waals surface area contributed by atoms with Crippen LogP contribution in [-0.4, -0.2) is 39.4 Å². The van der Waals surface area contributed by atoms with E-state index >= 15 is 0 Å². The number of benzene rings is 1.